The lowest BCUT2D eigenvalue weighted by Crippen LogP contribution is -2.37. The quantitative estimate of drug-likeness (QED) is 0.211. The fourth-order valence-electron chi connectivity index (χ4n) is 5.53. The first-order valence-electron chi connectivity index (χ1n) is 13.6. The summed E-state index contributed by atoms with van der Waals surface area (Å²) in [4.78, 5) is 0. The fourth-order valence-corrected chi connectivity index (χ4v) is 6.69. The van der Waals surface area contributed by atoms with E-state index in [1.54, 1.807) is 0 Å². The van der Waals surface area contributed by atoms with Gasteiger partial charge in [0, 0.05) is 10.8 Å². The molecule has 0 aliphatic carbocycles. The van der Waals surface area contributed by atoms with Crippen LogP contribution in [0.4, 0.5) is 0 Å². The highest BCUT2D eigenvalue weighted by molar-refractivity contribution is 6.88. The van der Waals surface area contributed by atoms with E-state index in [0.717, 1.165) is 21.9 Å². The van der Waals surface area contributed by atoms with Gasteiger partial charge in [0.25, 0.3) is 0 Å². The first kappa shape index (κ1) is 23.7. The van der Waals surface area contributed by atoms with Crippen molar-refractivity contribution >= 4 is 46.0 Å². The Bertz CT molecular complexity index is 1970. The molecule has 0 aliphatic rings. The van der Waals surface area contributed by atoms with Crippen molar-refractivity contribution in [1.82, 2.24) is 0 Å². The predicted octanol–water partition coefficient (Wildman–Crippen LogP) is 10.3. The number of fused-ring (bicyclic) bond motifs is 4. The van der Waals surface area contributed by atoms with Gasteiger partial charge in [0.05, 0.1) is 8.07 Å². The number of para-hydroxylation sites is 1. The number of benzene rings is 6. The van der Waals surface area contributed by atoms with Crippen LogP contribution in [-0.2, 0) is 0 Å². The maximum absolute atomic E-state index is 6.02. The van der Waals surface area contributed by atoms with Crippen LogP contribution in [0.15, 0.2) is 132 Å². The van der Waals surface area contributed by atoms with Crippen LogP contribution in [-0.4, -0.2) is 8.07 Å². The van der Waals surface area contributed by atoms with E-state index in [-0.39, 0.29) is 0 Å². The van der Waals surface area contributed by atoms with Crippen molar-refractivity contribution in [3.05, 3.63) is 127 Å². The Morgan fingerprint density at radius 3 is 1.51 bits per heavy atom. The van der Waals surface area contributed by atoms with Gasteiger partial charge in [0.2, 0.25) is 0 Å². The Kier molecular flexibility index (Phi) is 5.54. The number of rotatable bonds is 4. The second-order valence-electron chi connectivity index (χ2n) is 11.5. The lowest BCUT2D eigenvalue weighted by atomic mass is 9.96. The molecule has 0 saturated heterocycles. The summed E-state index contributed by atoms with van der Waals surface area (Å²) in [6, 6.07) is 46.3. The molecular formula is C37H30OSi. The summed E-state index contributed by atoms with van der Waals surface area (Å²) in [7, 11) is -1.28. The summed E-state index contributed by atoms with van der Waals surface area (Å²) in [6.45, 7) is 7.17. The van der Waals surface area contributed by atoms with Crippen molar-refractivity contribution < 1.29 is 4.42 Å². The van der Waals surface area contributed by atoms with E-state index in [1.165, 1.54) is 49.3 Å². The van der Waals surface area contributed by atoms with Gasteiger partial charge in [-0.25, -0.2) is 0 Å². The van der Waals surface area contributed by atoms with E-state index >= 15 is 0 Å². The van der Waals surface area contributed by atoms with Crippen molar-refractivity contribution in [3.8, 4) is 33.4 Å². The molecule has 0 unspecified atom stereocenters. The molecule has 7 rings (SSSR count). The molecule has 0 N–H and O–H groups in total. The molecule has 0 bridgehead atoms. The summed E-state index contributed by atoms with van der Waals surface area (Å²) < 4.78 is 6.02. The predicted molar refractivity (Wildman–Crippen MR) is 171 cm³/mol. The fraction of sp³-hybridized carbons (Fsp3) is 0.0811. The maximum Gasteiger partial charge on any atom is 0.135 e. The van der Waals surface area contributed by atoms with Crippen LogP contribution in [0.1, 0.15) is 0 Å². The van der Waals surface area contributed by atoms with Crippen LogP contribution >= 0.6 is 0 Å². The van der Waals surface area contributed by atoms with E-state index in [1.807, 2.05) is 12.1 Å². The molecule has 0 aliphatic heterocycles. The lowest BCUT2D eigenvalue weighted by Gasteiger charge is -2.16. The minimum absolute atomic E-state index is 0.931. The number of furan rings is 1. The average Bonchev–Trinajstić information content (AvgIpc) is 3.34. The normalized spacial score (nSPS) is 12.0. The van der Waals surface area contributed by atoms with Crippen LogP contribution in [0.25, 0.3) is 66.1 Å². The largest absolute Gasteiger partial charge is 0.456 e. The Balaban J connectivity index is 1.17. The van der Waals surface area contributed by atoms with Gasteiger partial charge in [-0.15, -0.1) is 0 Å². The van der Waals surface area contributed by atoms with Crippen LogP contribution in [0.3, 0.4) is 0 Å². The van der Waals surface area contributed by atoms with Crippen molar-refractivity contribution in [3.63, 3.8) is 0 Å². The molecular weight excluding hydrogens is 488 g/mol. The first-order valence-corrected chi connectivity index (χ1v) is 17.1. The molecule has 1 aromatic heterocycles. The third-order valence-corrected chi connectivity index (χ3v) is 9.92. The molecule has 1 heterocycles. The van der Waals surface area contributed by atoms with E-state index in [0.29, 0.717) is 0 Å². The highest BCUT2D eigenvalue weighted by Gasteiger charge is 2.16. The standard InChI is InChI=1S/C37H30OSi/c1-39(2,3)33-19-16-26(17-20-33)25-8-10-27(11-9-25)28-12-13-30-23-31(15-14-29(30)22-28)32-18-21-37-35(24-32)34-6-4-5-7-36(34)38-37/h4-24H,1-3H3. The van der Waals surface area contributed by atoms with Gasteiger partial charge in [0.15, 0.2) is 0 Å². The van der Waals surface area contributed by atoms with Crippen molar-refractivity contribution in [2.45, 2.75) is 19.6 Å². The smallest absolute Gasteiger partial charge is 0.135 e. The Hall–Kier alpha value is -4.40. The molecule has 0 spiro atoms. The second-order valence-corrected chi connectivity index (χ2v) is 16.6. The average molecular weight is 519 g/mol. The van der Waals surface area contributed by atoms with E-state index in [9.17, 15) is 0 Å². The number of hydrogen-bond acceptors (Lipinski definition) is 1. The Morgan fingerprint density at radius 1 is 0.410 bits per heavy atom. The Labute approximate surface area is 230 Å². The first-order chi connectivity index (χ1) is 18.9. The van der Waals surface area contributed by atoms with Gasteiger partial charge in [-0.05, 0) is 74.5 Å². The molecule has 0 saturated carbocycles. The molecule has 0 atom stereocenters. The van der Waals surface area contributed by atoms with Crippen LogP contribution in [0.5, 0.6) is 0 Å². The molecule has 7 aromatic rings. The van der Waals surface area contributed by atoms with Gasteiger partial charge >= 0.3 is 0 Å². The van der Waals surface area contributed by atoms with Crippen molar-refractivity contribution in [2.24, 2.45) is 0 Å². The topological polar surface area (TPSA) is 13.1 Å². The van der Waals surface area contributed by atoms with Crippen LogP contribution in [0, 0.1) is 0 Å². The molecule has 188 valence electrons. The summed E-state index contributed by atoms with van der Waals surface area (Å²) >= 11 is 0. The van der Waals surface area contributed by atoms with Gasteiger partial charge in [-0.2, -0.15) is 0 Å². The van der Waals surface area contributed by atoms with Gasteiger partial charge in [-0.1, -0.05) is 122 Å². The zero-order chi connectivity index (χ0) is 26.6. The van der Waals surface area contributed by atoms with E-state index < -0.39 is 8.07 Å². The van der Waals surface area contributed by atoms with E-state index in [4.69, 9.17) is 4.42 Å². The molecule has 39 heavy (non-hydrogen) atoms. The van der Waals surface area contributed by atoms with Crippen LogP contribution in [0.2, 0.25) is 19.6 Å². The third-order valence-electron chi connectivity index (χ3n) is 7.85. The summed E-state index contributed by atoms with van der Waals surface area (Å²) in [5.41, 5.74) is 9.29. The summed E-state index contributed by atoms with van der Waals surface area (Å²) in [6.07, 6.45) is 0. The molecule has 1 nitrogen and oxygen atoms in total. The van der Waals surface area contributed by atoms with Gasteiger partial charge in [-0.3, -0.25) is 0 Å². The van der Waals surface area contributed by atoms with E-state index in [2.05, 4.69) is 135 Å². The van der Waals surface area contributed by atoms with Gasteiger partial charge in [0.1, 0.15) is 11.2 Å². The zero-order valence-electron chi connectivity index (χ0n) is 22.5. The van der Waals surface area contributed by atoms with Crippen molar-refractivity contribution in [1.29, 1.82) is 0 Å². The Morgan fingerprint density at radius 2 is 0.872 bits per heavy atom. The summed E-state index contributed by atoms with van der Waals surface area (Å²) in [5, 5.41) is 6.31. The molecule has 2 heteroatoms. The molecule has 0 radical (unpaired) electrons. The zero-order valence-corrected chi connectivity index (χ0v) is 23.5. The van der Waals surface area contributed by atoms with Gasteiger partial charge < -0.3 is 4.42 Å². The highest BCUT2D eigenvalue weighted by atomic mass is 28.3. The second kappa shape index (κ2) is 9.11. The lowest BCUT2D eigenvalue weighted by molar-refractivity contribution is 0.669. The maximum atomic E-state index is 6.02. The van der Waals surface area contributed by atoms with Crippen LogP contribution < -0.4 is 5.19 Å². The SMILES string of the molecule is C[Si](C)(C)c1ccc(-c2ccc(-c3ccc4cc(-c5ccc6oc7ccccc7c6c5)ccc4c3)cc2)cc1. The minimum atomic E-state index is -1.28. The molecule has 6 aromatic carbocycles. The monoisotopic (exact) mass is 518 g/mol. The molecule has 0 amide bonds. The minimum Gasteiger partial charge on any atom is -0.456 e. The highest BCUT2D eigenvalue weighted by Crippen LogP contribution is 2.34. The summed E-state index contributed by atoms with van der Waals surface area (Å²) in [5.74, 6) is 0. The third kappa shape index (κ3) is 4.37. The van der Waals surface area contributed by atoms with Crippen molar-refractivity contribution in [2.75, 3.05) is 0 Å². The number of hydrogen-bond donors (Lipinski definition) is 0. The molecule has 0 fully saturated rings.